The molecule has 0 saturated heterocycles. The summed E-state index contributed by atoms with van der Waals surface area (Å²) in [5.74, 6) is 0.214. The Bertz CT molecular complexity index is 464. The lowest BCUT2D eigenvalue weighted by atomic mass is 9.90. The van der Waals surface area contributed by atoms with Crippen molar-refractivity contribution in [2.45, 2.75) is 6.42 Å². The molecule has 1 heteroatoms. The maximum atomic E-state index is 11.3. The van der Waals surface area contributed by atoms with Crippen molar-refractivity contribution < 1.29 is 4.79 Å². The Balaban J connectivity index is 2.38. The lowest BCUT2D eigenvalue weighted by Gasteiger charge is -2.12. The summed E-state index contributed by atoms with van der Waals surface area (Å²) in [6, 6.07) is 6.14. The number of carbonyl (C=O) groups is 1. The van der Waals surface area contributed by atoms with Crippen molar-refractivity contribution in [3.8, 4) is 0 Å². The van der Waals surface area contributed by atoms with Crippen LogP contribution in [0.5, 0.6) is 0 Å². The second-order valence-electron chi connectivity index (χ2n) is 3.46. The minimum absolute atomic E-state index is 0.214. The Morgan fingerprint density at radius 2 is 2.08 bits per heavy atom. The van der Waals surface area contributed by atoms with E-state index in [9.17, 15) is 4.79 Å². The normalized spacial score (nSPS) is 17.2. The highest BCUT2D eigenvalue weighted by molar-refractivity contribution is 6.07. The Kier molecular flexibility index (Phi) is 1.15. The first-order chi connectivity index (χ1) is 6.34. The van der Waals surface area contributed by atoms with E-state index in [1.54, 1.807) is 6.08 Å². The fraction of sp³-hybridized carbons (Fsp3) is 0.0833. The van der Waals surface area contributed by atoms with Gasteiger partial charge in [-0.1, -0.05) is 30.4 Å². The summed E-state index contributed by atoms with van der Waals surface area (Å²) in [4.78, 5) is 11.3. The van der Waals surface area contributed by atoms with Gasteiger partial charge in [0.15, 0.2) is 5.78 Å². The zero-order valence-corrected chi connectivity index (χ0v) is 7.08. The first kappa shape index (κ1) is 6.84. The average Bonchev–Trinajstić information content (AvgIpc) is 2.50. The van der Waals surface area contributed by atoms with Crippen LogP contribution in [-0.4, -0.2) is 5.78 Å². The molecule has 2 aliphatic carbocycles. The van der Waals surface area contributed by atoms with Gasteiger partial charge in [0.2, 0.25) is 0 Å². The van der Waals surface area contributed by atoms with Crippen LogP contribution in [-0.2, 0) is 11.2 Å². The molecule has 1 nitrogen and oxygen atoms in total. The molecule has 0 aliphatic heterocycles. The van der Waals surface area contributed by atoms with Gasteiger partial charge in [-0.15, -0.1) is 0 Å². The Labute approximate surface area is 76.4 Å². The molecule has 0 radical (unpaired) electrons. The Morgan fingerprint density at radius 1 is 1.15 bits per heavy atom. The molecule has 62 valence electrons. The topological polar surface area (TPSA) is 17.1 Å². The van der Waals surface area contributed by atoms with Gasteiger partial charge in [-0.2, -0.15) is 0 Å². The number of allylic oxidation sites excluding steroid dienone is 3. The lowest BCUT2D eigenvalue weighted by molar-refractivity contribution is -0.114. The third kappa shape index (κ3) is 0.842. The smallest absolute Gasteiger partial charge is 0.160 e. The fourth-order valence-corrected chi connectivity index (χ4v) is 2.05. The van der Waals surface area contributed by atoms with Gasteiger partial charge in [0.05, 0.1) is 0 Å². The molecule has 0 spiro atoms. The first-order valence-electron chi connectivity index (χ1n) is 4.39. The predicted molar refractivity (Wildman–Crippen MR) is 52.2 cm³/mol. The van der Waals surface area contributed by atoms with Gasteiger partial charge < -0.3 is 0 Å². The molecule has 0 bridgehead atoms. The quantitative estimate of drug-likeness (QED) is 0.580. The molecule has 1 aromatic carbocycles. The van der Waals surface area contributed by atoms with Crippen molar-refractivity contribution in [1.29, 1.82) is 0 Å². The van der Waals surface area contributed by atoms with Gasteiger partial charge in [0.1, 0.15) is 0 Å². The van der Waals surface area contributed by atoms with E-state index in [0.29, 0.717) is 6.42 Å². The van der Waals surface area contributed by atoms with E-state index in [1.807, 2.05) is 18.2 Å². The summed E-state index contributed by atoms with van der Waals surface area (Å²) in [5, 5.41) is 0. The van der Waals surface area contributed by atoms with E-state index in [4.69, 9.17) is 0 Å². The van der Waals surface area contributed by atoms with Gasteiger partial charge in [-0.05, 0) is 28.3 Å². The summed E-state index contributed by atoms with van der Waals surface area (Å²) < 4.78 is 0. The van der Waals surface area contributed by atoms with Gasteiger partial charge in [0.25, 0.3) is 0 Å². The maximum absolute atomic E-state index is 11.3. The third-order valence-corrected chi connectivity index (χ3v) is 2.60. The summed E-state index contributed by atoms with van der Waals surface area (Å²) in [6.07, 6.45) is 6.40. The van der Waals surface area contributed by atoms with Gasteiger partial charge in [-0.25, -0.2) is 0 Å². The Hall–Kier alpha value is -1.63. The van der Waals surface area contributed by atoms with E-state index in [-0.39, 0.29) is 5.78 Å². The molecular weight excluding hydrogens is 160 g/mol. The molecule has 1 aromatic rings. The monoisotopic (exact) mass is 168 g/mol. The highest BCUT2D eigenvalue weighted by Gasteiger charge is 2.20. The number of ketones is 1. The van der Waals surface area contributed by atoms with E-state index >= 15 is 0 Å². The number of hydrogen-bond acceptors (Lipinski definition) is 1. The van der Waals surface area contributed by atoms with Crippen molar-refractivity contribution in [3.05, 3.63) is 47.0 Å². The highest BCUT2D eigenvalue weighted by Crippen LogP contribution is 2.34. The minimum atomic E-state index is 0.214. The van der Waals surface area contributed by atoms with Crippen molar-refractivity contribution in [3.63, 3.8) is 0 Å². The summed E-state index contributed by atoms with van der Waals surface area (Å²) in [7, 11) is 0. The van der Waals surface area contributed by atoms with Crippen LogP contribution in [0.2, 0.25) is 0 Å². The van der Waals surface area contributed by atoms with Gasteiger partial charge >= 0.3 is 0 Å². The molecule has 0 aromatic heterocycles. The fourth-order valence-electron chi connectivity index (χ4n) is 2.05. The SMILES string of the molecule is O=C1C=C2C=Cc3cccc(c32)C1. The minimum Gasteiger partial charge on any atom is -0.294 e. The summed E-state index contributed by atoms with van der Waals surface area (Å²) in [6.45, 7) is 0. The molecule has 0 amide bonds. The number of benzene rings is 1. The van der Waals surface area contributed by atoms with Crippen LogP contribution in [0.3, 0.4) is 0 Å². The van der Waals surface area contributed by atoms with Crippen LogP contribution in [0.4, 0.5) is 0 Å². The van der Waals surface area contributed by atoms with Crippen molar-refractivity contribution in [2.24, 2.45) is 0 Å². The second-order valence-corrected chi connectivity index (χ2v) is 3.46. The zero-order chi connectivity index (χ0) is 8.84. The van der Waals surface area contributed by atoms with Crippen molar-refractivity contribution in [1.82, 2.24) is 0 Å². The molecule has 13 heavy (non-hydrogen) atoms. The molecule has 0 heterocycles. The predicted octanol–water partition coefficient (Wildman–Crippen LogP) is 2.22. The molecular formula is C12H8O. The summed E-state index contributed by atoms with van der Waals surface area (Å²) in [5.41, 5.74) is 4.77. The molecule has 0 N–H and O–H groups in total. The molecule has 3 rings (SSSR count). The van der Waals surface area contributed by atoms with Crippen LogP contribution >= 0.6 is 0 Å². The van der Waals surface area contributed by atoms with Crippen molar-refractivity contribution in [2.75, 3.05) is 0 Å². The molecule has 2 aliphatic rings. The van der Waals surface area contributed by atoms with E-state index < -0.39 is 0 Å². The number of rotatable bonds is 0. The zero-order valence-electron chi connectivity index (χ0n) is 7.08. The van der Waals surface area contributed by atoms with E-state index in [1.165, 1.54) is 16.7 Å². The third-order valence-electron chi connectivity index (χ3n) is 2.60. The number of hydrogen-bond donors (Lipinski definition) is 0. The van der Waals surface area contributed by atoms with Crippen LogP contribution in [0.1, 0.15) is 16.7 Å². The molecule has 0 fully saturated rings. The van der Waals surface area contributed by atoms with Gasteiger partial charge in [-0.3, -0.25) is 4.79 Å². The summed E-state index contributed by atoms with van der Waals surface area (Å²) >= 11 is 0. The average molecular weight is 168 g/mol. The molecule has 0 atom stereocenters. The largest absolute Gasteiger partial charge is 0.294 e. The van der Waals surface area contributed by atoms with Crippen LogP contribution in [0.25, 0.3) is 11.6 Å². The lowest BCUT2D eigenvalue weighted by Crippen LogP contribution is -2.07. The standard InChI is InChI=1S/C12H8O/c13-11-6-9-3-1-2-8-4-5-10(7-11)12(8)9/h1-5,7H,6H2. The van der Waals surface area contributed by atoms with Crippen LogP contribution < -0.4 is 0 Å². The number of carbonyl (C=O) groups excluding carboxylic acids is 1. The van der Waals surface area contributed by atoms with E-state index in [0.717, 1.165) is 5.57 Å². The maximum Gasteiger partial charge on any atom is 0.160 e. The molecule has 0 saturated carbocycles. The van der Waals surface area contributed by atoms with Gasteiger partial charge in [0, 0.05) is 6.42 Å². The van der Waals surface area contributed by atoms with Crippen LogP contribution in [0.15, 0.2) is 30.4 Å². The van der Waals surface area contributed by atoms with E-state index in [2.05, 4.69) is 12.1 Å². The Morgan fingerprint density at radius 3 is 3.00 bits per heavy atom. The molecule has 0 unspecified atom stereocenters. The van der Waals surface area contributed by atoms with Crippen molar-refractivity contribution >= 4 is 17.4 Å². The first-order valence-corrected chi connectivity index (χ1v) is 4.39. The van der Waals surface area contributed by atoms with Crippen LogP contribution in [0, 0.1) is 0 Å². The second kappa shape index (κ2) is 2.19. The highest BCUT2D eigenvalue weighted by atomic mass is 16.1.